The fourth-order valence-corrected chi connectivity index (χ4v) is 3.58. The Morgan fingerprint density at radius 3 is 2.75 bits per heavy atom. The summed E-state index contributed by atoms with van der Waals surface area (Å²) in [7, 11) is 0. The fraction of sp³-hybridized carbons (Fsp3) is 0.714. The summed E-state index contributed by atoms with van der Waals surface area (Å²) >= 11 is 1.95. The molecule has 3 N–H and O–H groups in total. The summed E-state index contributed by atoms with van der Waals surface area (Å²) in [6.45, 7) is 3.36. The lowest BCUT2D eigenvalue weighted by molar-refractivity contribution is 0.328. The van der Waals surface area contributed by atoms with E-state index in [9.17, 15) is 0 Å². The van der Waals surface area contributed by atoms with Gasteiger partial charge in [0.2, 0.25) is 5.88 Å². The van der Waals surface area contributed by atoms with Crippen LogP contribution < -0.4 is 15.8 Å². The second-order valence-electron chi connectivity index (χ2n) is 5.18. The minimum absolute atomic E-state index is 0.307. The summed E-state index contributed by atoms with van der Waals surface area (Å²) in [5.41, 5.74) is 6.55. The van der Waals surface area contributed by atoms with E-state index in [4.69, 9.17) is 10.5 Å². The number of hydrogen-bond donors (Lipinski definition) is 2. The van der Waals surface area contributed by atoms with Gasteiger partial charge in [-0.25, -0.2) is 4.98 Å². The van der Waals surface area contributed by atoms with E-state index in [0.717, 1.165) is 6.54 Å². The standard InChI is InChI=1S/C14H24N4OS/c1-3-19-13-11(15)12(17-10-18-13)16-9-14(20-2)7-5-4-6-8-14/h10H,3-9,15H2,1-2H3,(H,16,17,18). The molecule has 0 radical (unpaired) electrons. The molecule has 0 aliphatic heterocycles. The Bertz CT molecular complexity index is 435. The smallest absolute Gasteiger partial charge is 0.242 e. The van der Waals surface area contributed by atoms with E-state index in [1.165, 1.54) is 38.4 Å². The van der Waals surface area contributed by atoms with Crippen LogP contribution in [-0.4, -0.2) is 34.1 Å². The van der Waals surface area contributed by atoms with E-state index < -0.39 is 0 Å². The molecule has 1 aliphatic carbocycles. The number of aromatic nitrogens is 2. The molecular weight excluding hydrogens is 272 g/mol. The average Bonchev–Trinajstić information content (AvgIpc) is 2.49. The zero-order chi connectivity index (χ0) is 14.4. The third kappa shape index (κ3) is 3.48. The third-order valence-corrected chi connectivity index (χ3v) is 5.32. The van der Waals surface area contributed by atoms with Gasteiger partial charge < -0.3 is 15.8 Å². The Kier molecular flexibility index (Phi) is 5.34. The molecule has 20 heavy (non-hydrogen) atoms. The number of nitrogen functional groups attached to an aromatic ring is 1. The summed E-state index contributed by atoms with van der Waals surface area (Å²) in [4.78, 5) is 8.29. The summed E-state index contributed by atoms with van der Waals surface area (Å²) in [6.07, 6.45) is 10.2. The molecular formula is C14H24N4OS. The van der Waals surface area contributed by atoms with Crippen molar-refractivity contribution in [2.24, 2.45) is 0 Å². The lowest BCUT2D eigenvalue weighted by atomic mass is 9.88. The molecule has 6 heteroatoms. The summed E-state index contributed by atoms with van der Waals surface area (Å²) in [6, 6.07) is 0. The molecule has 112 valence electrons. The van der Waals surface area contributed by atoms with Crippen LogP contribution in [0.5, 0.6) is 5.88 Å². The van der Waals surface area contributed by atoms with Crippen molar-refractivity contribution in [1.82, 2.24) is 9.97 Å². The molecule has 2 rings (SSSR count). The van der Waals surface area contributed by atoms with E-state index in [0.29, 0.717) is 28.7 Å². The summed E-state index contributed by atoms with van der Waals surface area (Å²) in [5.74, 6) is 1.15. The maximum atomic E-state index is 6.05. The van der Waals surface area contributed by atoms with E-state index in [1.807, 2.05) is 18.7 Å². The highest BCUT2D eigenvalue weighted by Gasteiger charge is 2.31. The quantitative estimate of drug-likeness (QED) is 0.841. The Morgan fingerprint density at radius 2 is 2.10 bits per heavy atom. The van der Waals surface area contributed by atoms with Crippen LogP contribution in [0.3, 0.4) is 0 Å². The van der Waals surface area contributed by atoms with Crippen LogP contribution in [0.25, 0.3) is 0 Å². The van der Waals surface area contributed by atoms with E-state index >= 15 is 0 Å². The average molecular weight is 296 g/mol. The number of hydrogen-bond acceptors (Lipinski definition) is 6. The first kappa shape index (κ1) is 15.2. The summed E-state index contributed by atoms with van der Waals surface area (Å²) in [5, 5.41) is 3.40. The SMILES string of the molecule is CCOc1ncnc(NCC2(SC)CCCCC2)c1N. The highest BCUT2D eigenvalue weighted by Crippen LogP contribution is 2.39. The Labute approximate surface area is 125 Å². The van der Waals surface area contributed by atoms with Crippen LogP contribution in [0.2, 0.25) is 0 Å². The van der Waals surface area contributed by atoms with Crippen molar-refractivity contribution in [1.29, 1.82) is 0 Å². The van der Waals surface area contributed by atoms with Crippen LogP contribution in [0.4, 0.5) is 11.5 Å². The van der Waals surface area contributed by atoms with Crippen LogP contribution in [-0.2, 0) is 0 Å². The molecule has 0 bridgehead atoms. The van der Waals surface area contributed by atoms with Gasteiger partial charge in [-0.15, -0.1) is 0 Å². The molecule has 0 atom stereocenters. The van der Waals surface area contributed by atoms with Crippen molar-refractivity contribution in [3.05, 3.63) is 6.33 Å². The van der Waals surface area contributed by atoms with Crippen molar-refractivity contribution in [2.75, 3.05) is 30.5 Å². The highest BCUT2D eigenvalue weighted by molar-refractivity contribution is 8.00. The number of nitrogens with two attached hydrogens (primary N) is 1. The van der Waals surface area contributed by atoms with Crippen molar-refractivity contribution in [3.8, 4) is 5.88 Å². The van der Waals surface area contributed by atoms with Crippen LogP contribution in [0, 0.1) is 0 Å². The monoisotopic (exact) mass is 296 g/mol. The van der Waals surface area contributed by atoms with Gasteiger partial charge in [-0.3, -0.25) is 0 Å². The summed E-state index contributed by atoms with van der Waals surface area (Å²) < 4.78 is 5.71. The van der Waals surface area contributed by atoms with Gasteiger partial charge in [0, 0.05) is 11.3 Å². The molecule has 1 aliphatic rings. The van der Waals surface area contributed by atoms with Crippen LogP contribution in [0.1, 0.15) is 39.0 Å². The topological polar surface area (TPSA) is 73.1 Å². The molecule has 0 unspecified atom stereocenters. The van der Waals surface area contributed by atoms with Gasteiger partial charge in [0.1, 0.15) is 12.0 Å². The molecule has 0 aromatic carbocycles. The largest absolute Gasteiger partial charge is 0.476 e. The molecule has 0 saturated heterocycles. The third-order valence-electron chi connectivity index (χ3n) is 3.90. The number of rotatable bonds is 6. The van der Waals surface area contributed by atoms with E-state index in [2.05, 4.69) is 21.5 Å². The van der Waals surface area contributed by atoms with Crippen LogP contribution in [0.15, 0.2) is 6.33 Å². The second kappa shape index (κ2) is 7.02. The number of anilines is 2. The van der Waals surface area contributed by atoms with Gasteiger partial charge in [-0.05, 0) is 26.0 Å². The highest BCUT2D eigenvalue weighted by atomic mass is 32.2. The fourth-order valence-electron chi connectivity index (χ4n) is 2.67. The Morgan fingerprint density at radius 1 is 1.35 bits per heavy atom. The maximum Gasteiger partial charge on any atom is 0.242 e. The van der Waals surface area contributed by atoms with Crippen molar-refractivity contribution in [2.45, 2.75) is 43.8 Å². The zero-order valence-electron chi connectivity index (χ0n) is 12.3. The maximum absolute atomic E-state index is 6.05. The van der Waals surface area contributed by atoms with E-state index in [-0.39, 0.29) is 0 Å². The van der Waals surface area contributed by atoms with Crippen LogP contribution >= 0.6 is 11.8 Å². The van der Waals surface area contributed by atoms with E-state index in [1.54, 1.807) is 0 Å². The molecule has 1 aromatic heterocycles. The Balaban J connectivity index is 2.04. The van der Waals surface area contributed by atoms with Gasteiger partial charge in [-0.1, -0.05) is 19.3 Å². The molecule has 5 nitrogen and oxygen atoms in total. The molecule has 1 fully saturated rings. The van der Waals surface area contributed by atoms with Gasteiger partial charge in [0.05, 0.1) is 6.61 Å². The molecule has 0 amide bonds. The Hall–Kier alpha value is -1.17. The first-order chi connectivity index (χ1) is 9.71. The number of nitrogens with one attached hydrogen (secondary N) is 1. The minimum Gasteiger partial charge on any atom is -0.476 e. The van der Waals surface area contributed by atoms with Crippen molar-refractivity contribution in [3.63, 3.8) is 0 Å². The number of ether oxygens (including phenoxy) is 1. The molecule has 1 aromatic rings. The zero-order valence-corrected chi connectivity index (χ0v) is 13.1. The molecule has 1 saturated carbocycles. The van der Waals surface area contributed by atoms with Gasteiger partial charge >= 0.3 is 0 Å². The molecule has 0 spiro atoms. The van der Waals surface area contributed by atoms with Crippen molar-refractivity contribution < 1.29 is 4.74 Å². The lowest BCUT2D eigenvalue weighted by Crippen LogP contribution is -2.35. The normalized spacial score (nSPS) is 17.7. The first-order valence-corrected chi connectivity index (χ1v) is 8.45. The predicted molar refractivity (Wildman–Crippen MR) is 85.4 cm³/mol. The number of nitrogens with zero attached hydrogens (tertiary/aromatic N) is 2. The van der Waals surface area contributed by atoms with Gasteiger partial charge in [-0.2, -0.15) is 16.7 Å². The van der Waals surface area contributed by atoms with Gasteiger partial charge in [0.15, 0.2) is 5.82 Å². The number of thioether (sulfide) groups is 1. The first-order valence-electron chi connectivity index (χ1n) is 7.23. The minimum atomic E-state index is 0.307. The predicted octanol–water partition coefficient (Wildman–Crippen LogP) is 2.94. The van der Waals surface area contributed by atoms with Gasteiger partial charge in [0.25, 0.3) is 0 Å². The second-order valence-corrected chi connectivity index (χ2v) is 6.45. The lowest BCUT2D eigenvalue weighted by Gasteiger charge is -2.36. The molecule has 1 heterocycles. The van der Waals surface area contributed by atoms with Crippen molar-refractivity contribution >= 4 is 23.3 Å².